The van der Waals surface area contributed by atoms with Gasteiger partial charge in [-0.25, -0.2) is 0 Å². The Balaban J connectivity index is 2.16. The van der Waals surface area contributed by atoms with Gasteiger partial charge >= 0.3 is 0 Å². The van der Waals surface area contributed by atoms with Crippen LogP contribution in [0.15, 0.2) is 48.8 Å². The predicted octanol–water partition coefficient (Wildman–Crippen LogP) is 3.40. The van der Waals surface area contributed by atoms with Gasteiger partial charge in [-0.3, -0.25) is 9.78 Å². The van der Waals surface area contributed by atoms with Gasteiger partial charge < -0.3 is 5.32 Å². The van der Waals surface area contributed by atoms with Crippen molar-refractivity contribution in [2.45, 2.75) is 19.4 Å². The largest absolute Gasteiger partial charge is 0.343 e. The van der Waals surface area contributed by atoms with Gasteiger partial charge in [-0.15, -0.1) is 0 Å². The number of hydrogen-bond donors (Lipinski definition) is 1. The van der Waals surface area contributed by atoms with Gasteiger partial charge in [0.15, 0.2) is 0 Å². The maximum Gasteiger partial charge on any atom is 0.251 e. The van der Waals surface area contributed by atoms with Gasteiger partial charge in [0.1, 0.15) is 0 Å². The second kappa shape index (κ2) is 5.41. The molecule has 0 atom stereocenters. The fourth-order valence-electron chi connectivity index (χ4n) is 1.76. The molecule has 98 valence electrons. The second-order valence-electron chi connectivity index (χ2n) is 4.83. The zero-order chi connectivity index (χ0) is 13.9. The zero-order valence-corrected chi connectivity index (χ0v) is 11.6. The van der Waals surface area contributed by atoms with E-state index in [2.05, 4.69) is 10.3 Å². The summed E-state index contributed by atoms with van der Waals surface area (Å²) < 4.78 is 0. The van der Waals surface area contributed by atoms with E-state index >= 15 is 0 Å². The van der Waals surface area contributed by atoms with Crippen molar-refractivity contribution in [2.75, 3.05) is 0 Å². The number of carbonyl (C=O) groups excluding carboxylic acids is 1. The van der Waals surface area contributed by atoms with Crippen LogP contribution >= 0.6 is 11.6 Å². The Morgan fingerprint density at radius 3 is 2.47 bits per heavy atom. The third-order valence-corrected chi connectivity index (χ3v) is 3.17. The first-order valence-electron chi connectivity index (χ1n) is 5.97. The maximum absolute atomic E-state index is 12.2. The monoisotopic (exact) mass is 274 g/mol. The van der Waals surface area contributed by atoms with Crippen molar-refractivity contribution in [3.8, 4) is 0 Å². The van der Waals surface area contributed by atoms with Crippen LogP contribution in [0.5, 0.6) is 0 Å². The quantitative estimate of drug-likeness (QED) is 0.932. The minimum absolute atomic E-state index is 0.134. The summed E-state index contributed by atoms with van der Waals surface area (Å²) >= 11 is 5.81. The highest BCUT2D eigenvalue weighted by Crippen LogP contribution is 2.19. The molecule has 1 aromatic carbocycles. The molecule has 2 rings (SSSR count). The van der Waals surface area contributed by atoms with Gasteiger partial charge in [-0.05, 0) is 49.7 Å². The number of halogens is 1. The van der Waals surface area contributed by atoms with Crippen LogP contribution < -0.4 is 5.32 Å². The number of rotatable bonds is 3. The Morgan fingerprint density at radius 1 is 1.21 bits per heavy atom. The number of aromatic nitrogens is 1. The molecular weight excluding hydrogens is 260 g/mol. The van der Waals surface area contributed by atoms with Gasteiger partial charge in [-0.1, -0.05) is 17.7 Å². The van der Waals surface area contributed by atoms with E-state index in [1.165, 1.54) is 0 Å². The lowest BCUT2D eigenvalue weighted by Gasteiger charge is -2.26. The number of amides is 1. The third-order valence-electron chi connectivity index (χ3n) is 2.92. The van der Waals surface area contributed by atoms with E-state index in [0.29, 0.717) is 10.6 Å². The van der Waals surface area contributed by atoms with Crippen molar-refractivity contribution < 1.29 is 4.79 Å². The van der Waals surface area contributed by atoms with E-state index in [1.54, 1.807) is 36.7 Å². The minimum Gasteiger partial charge on any atom is -0.343 e. The Bertz CT molecular complexity index is 564. The minimum atomic E-state index is -0.481. The van der Waals surface area contributed by atoms with Crippen LogP contribution in [0.1, 0.15) is 29.8 Å². The molecule has 4 heteroatoms. The summed E-state index contributed by atoms with van der Waals surface area (Å²) in [6.45, 7) is 3.88. The van der Waals surface area contributed by atoms with Crippen LogP contribution in [0.25, 0.3) is 0 Å². The fourth-order valence-corrected chi connectivity index (χ4v) is 1.89. The molecule has 19 heavy (non-hydrogen) atoms. The Morgan fingerprint density at radius 2 is 1.89 bits per heavy atom. The molecule has 0 aliphatic heterocycles. The van der Waals surface area contributed by atoms with E-state index < -0.39 is 5.54 Å². The summed E-state index contributed by atoms with van der Waals surface area (Å²) in [5, 5.41) is 3.60. The smallest absolute Gasteiger partial charge is 0.251 e. The van der Waals surface area contributed by atoms with Gasteiger partial charge in [-0.2, -0.15) is 0 Å². The predicted molar refractivity (Wildman–Crippen MR) is 76.2 cm³/mol. The third kappa shape index (κ3) is 3.32. The van der Waals surface area contributed by atoms with Crippen molar-refractivity contribution >= 4 is 17.5 Å². The molecule has 0 aliphatic carbocycles. The van der Waals surface area contributed by atoms with Gasteiger partial charge in [0.05, 0.1) is 5.54 Å². The molecule has 0 saturated heterocycles. The Labute approximate surface area is 117 Å². The van der Waals surface area contributed by atoms with Crippen molar-refractivity contribution in [2.24, 2.45) is 0 Å². The Kier molecular flexibility index (Phi) is 3.86. The second-order valence-corrected chi connectivity index (χ2v) is 5.26. The Hall–Kier alpha value is -1.87. The summed E-state index contributed by atoms with van der Waals surface area (Å²) in [5.41, 5.74) is 1.06. The first-order valence-corrected chi connectivity index (χ1v) is 6.35. The molecule has 0 unspecified atom stereocenters. The fraction of sp³-hybridized carbons (Fsp3) is 0.200. The zero-order valence-electron chi connectivity index (χ0n) is 10.9. The number of nitrogens with zero attached hydrogens (tertiary/aromatic N) is 1. The van der Waals surface area contributed by atoms with Gasteiger partial charge in [0.25, 0.3) is 5.91 Å². The first kappa shape index (κ1) is 13.6. The highest BCUT2D eigenvalue weighted by Gasteiger charge is 2.23. The SMILES string of the molecule is CC(C)(NC(=O)c1ccc(Cl)cc1)c1cccnc1. The summed E-state index contributed by atoms with van der Waals surface area (Å²) in [4.78, 5) is 16.2. The van der Waals surface area contributed by atoms with Crippen molar-refractivity contribution in [3.63, 3.8) is 0 Å². The van der Waals surface area contributed by atoms with Gasteiger partial charge in [0, 0.05) is 23.0 Å². The van der Waals surface area contributed by atoms with E-state index in [-0.39, 0.29) is 5.91 Å². The van der Waals surface area contributed by atoms with Crippen molar-refractivity contribution in [1.82, 2.24) is 10.3 Å². The summed E-state index contributed by atoms with van der Waals surface area (Å²) in [6.07, 6.45) is 3.46. The summed E-state index contributed by atoms with van der Waals surface area (Å²) in [5.74, 6) is -0.134. The highest BCUT2D eigenvalue weighted by molar-refractivity contribution is 6.30. The van der Waals surface area contributed by atoms with Crippen molar-refractivity contribution in [3.05, 3.63) is 64.9 Å². The molecule has 3 nitrogen and oxygen atoms in total. The average Bonchev–Trinajstić information content (AvgIpc) is 2.40. The molecule has 0 fully saturated rings. The molecule has 1 aromatic heterocycles. The molecule has 2 aromatic rings. The molecule has 1 heterocycles. The maximum atomic E-state index is 12.2. The van der Waals surface area contributed by atoms with Crippen LogP contribution in [0.4, 0.5) is 0 Å². The number of benzene rings is 1. The highest BCUT2D eigenvalue weighted by atomic mass is 35.5. The summed E-state index contributed by atoms with van der Waals surface area (Å²) in [6, 6.07) is 10.6. The lowest BCUT2D eigenvalue weighted by atomic mass is 9.95. The van der Waals surface area contributed by atoms with Gasteiger partial charge in [0.2, 0.25) is 0 Å². The van der Waals surface area contributed by atoms with Crippen LogP contribution in [0.3, 0.4) is 0 Å². The topological polar surface area (TPSA) is 42.0 Å². The van der Waals surface area contributed by atoms with Crippen LogP contribution in [0, 0.1) is 0 Å². The molecule has 0 aliphatic rings. The van der Waals surface area contributed by atoms with E-state index in [4.69, 9.17) is 11.6 Å². The molecule has 0 spiro atoms. The number of pyridine rings is 1. The normalized spacial score (nSPS) is 11.1. The number of carbonyl (C=O) groups is 1. The first-order chi connectivity index (χ1) is 8.99. The van der Waals surface area contributed by atoms with E-state index in [1.807, 2.05) is 26.0 Å². The summed E-state index contributed by atoms with van der Waals surface area (Å²) in [7, 11) is 0. The molecule has 0 saturated carbocycles. The average molecular weight is 275 g/mol. The number of nitrogens with one attached hydrogen (secondary N) is 1. The number of hydrogen-bond acceptors (Lipinski definition) is 2. The van der Waals surface area contributed by atoms with Crippen LogP contribution in [-0.2, 0) is 5.54 Å². The van der Waals surface area contributed by atoms with E-state index in [9.17, 15) is 4.79 Å². The molecular formula is C15H15ClN2O. The molecule has 0 radical (unpaired) electrons. The lowest BCUT2D eigenvalue weighted by molar-refractivity contribution is 0.0912. The lowest BCUT2D eigenvalue weighted by Crippen LogP contribution is -2.41. The van der Waals surface area contributed by atoms with Crippen LogP contribution in [-0.4, -0.2) is 10.9 Å². The van der Waals surface area contributed by atoms with Crippen LogP contribution in [0.2, 0.25) is 5.02 Å². The molecule has 1 amide bonds. The van der Waals surface area contributed by atoms with E-state index in [0.717, 1.165) is 5.56 Å². The molecule has 1 N–H and O–H groups in total. The molecule has 0 bridgehead atoms. The van der Waals surface area contributed by atoms with Crippen molar-refractivity contribution in [1.29, 1.82) is 0 Å². The standard InChI is InChI=1S/C15H15ClN2O/c1-15(2,12-4-3-9-17-10-12)18-14(19)11-5-7-13(16)8-6-11/h3-10H,1-2H3,(H,18,19).